The minimum atomic E-state index is 0.0543. The summed E-state index contributed by atoms with van der Waals surface area (Å²) in [4.78, 5) is 14.3. The third-order valence-corrected chi connectivity index (χ3v) is 3.51. The average molecular weight is 277 g/mol. The molecule has 0 aliphatic heterocycles. The molecule has 0 radical (unpaired) electrons. The van der Waals surface area contributed by atoms with Gasteiger partial charge < -0.3 is 9.64 Å². The lowest BCUT2D eigenvalue weighted by atomic mass is 10.0. The molecule has 1 aromatic rings. The number of ketones is 1. The summed E-state index contributed by atoms with van der Waals surface area (Å²) in [6, 6.07) is 6.18. The van der Waals surface area contributed by atoms with Gasteiger partial charge in [-0.15, -0.1) is 0 Å². The molecule has 1 rings (SSSR count). The first kappa shape index (κ1) is 16.5. The zero-order chi connectivity index (χ0) is 15.1. The second kappa shape index (κ2) is 7.93. The van der Waals surface area contributed by atoms with E-state index in [1.54, 1.807) is 14.0 Å². The van der Waals surface area contributed by atoms with Crippen LogP contribution in [0.25, 0.3) is 0 Å². The van der Waals surface area contributed by atoms with E-state index >= 15 is 0 Å². The van der Waals surface area contributed by atoms with Gasteiger partial charge in [0.2, 0.25) is 0 Å². The van der Waals surface area contributed by atoms with Gasteiger partial charge >= 0.3 is 0 Å². The molecular weight excluding hydrogens is 250 g/mol. The van der Waals surface area contributed by atoms with Gasteiger partial charge in [0.15, 0.2) is 5.78 Å². The van der Waals surface area contributed by atoms with Gasteiger partial charge in [-0.25, -0.2) is 0 Å². The number of nitrogens with zero attached hydrogens (tertiary/aromatic N) is 1. The number of benzene rings is 1. The highest BCUT2D eigenvalue weighted by Crippen LogP contribution is 2.31. The van der Waals surface area contributed by atoms with Crippen molar-refractivity contribution in [1.82, 2.24) is 0 Å². The van der Waals surface area contributed by atoms with Crippen LogP contribution in [0.5, 0.6) is 5.75 Å². The van der Waals surface area contributed by atoms with Gasteiger partial charge in [0.1, 0.15) is 5.75 Å². The largest absolute Gasteiger partial charge is 0.496 e. The Kier molecular flexibility index (Phi) is 6.56. The number of hydrogen-bond acceptors (Lipinski definition) is 3. The van der Waals surface area contributed by atoms with E-state index in [9.17, 15) is 4.79 Å². The van der Waals surface area contributed by atoms with Crippen molar-refractivity contribution in [1.29, 1.82) is 0 Å². The summed E-state index contributed by atoms with van der Waals surface area (Å²) in [5.41, 5.74) is 1.68. The molecular formula is C17H27NO2. The van der Waals surface area contributed by atoms with E-state index in [-0.39, 0.29) is 5.78 Å². The third kappa shape index (κ3) is 3.99. The van der Waals surface area contributed by atoms with Crippen LogP contribution in [0.2, 0.25) is 0 Å². The van der Waals surface area contributed by atoms with Crippen molar-refractivity contribution in [2.75, 3.05) is 18.6 Å². The van der Waals surface area contributed by atoms with Crippen molar-refractivity contribution in [3.63, 3.8) is 0 Å². The summed E-state index contributed by atoms with van der Waals surface area (Å²) in [6.45, 7) is 9.10. The van der Waals surface area contributed by atoms with Gasteiger partial charge in [-0.2, -0.15) is 0 Å². The maximum Gasteiger partial charge on any atom is 0.165 e. The number of rotatable bonds is 8. The molecule has 0 fully saturated rings. The number of Topliss-reactive ketones (excluding diaryl/α,β-unsaturated/α-hetero) is 1. The second-order valence-corrected chi connectivity index (χ2v) is 5.40. The summed E-state index contributed by atoms with van der Waals surface area (Å²) in [5, 5.41) is 0. The molecule has 3 heteroatoms. The topological polar surface area (TPSA) is 29.5 Å². The lowest BCUT2D eigenvalue weighted by molar-refractivity contribution is 0.101. The van der Waals surface area contributed by atoms with Crippen molar-refractivity contribution >= 4 is 11.5 Å². The molecule has 112 valence electrons. The number of carbonyl (C=O) groups excluding carboxylic acids is 1. The van der Waals surface area contributed by atoms with Crippen LogP contribution in [0, 0.1) is 0 Å². The Bertz CT molecular complexity index is 441. The van der Waals surface area contributed by atoms with Crippen molar-refractivity contribution in [2.45, 2.75) is 53.0 Å². The van der Waals surface area contributed by atoms with E-state index in [1.807, 2.05) is 18.2 Å². The fourth-order valence-corrected chi connectivity index (χ4v) is 2.47. The molecule has 0 aliphatic carbocycles. The van der Waals surface area contributed by atoms with Gasteiger partial charge in [0, 0.05) is 12.6 Å². The predicted octanol–water partition coefficient (Wildman–Crippen LogP) is 4.30. The standard InChI is InChI=1S/C17H27NO2/c1-6-7-8-12-18(13(2)3)15-10-9-11-16(20-5)17(15)14(4)19/h9-11,13H,6-8,12H2,1-5H3. The Labute approximate surface area is 122 Å². The van der Waals surface area contributed by atoms with Crippen LogP contribution in [0.15, 0.2) is 18.2 Å². The molecule has 0 saturated carbocycles. The lowest BCUT2D eigenvalue weighted by Gasteiger charge is -2.31. The molecule has 0 spiro atoms. The Hall–Kier alpha value is -1.51. The van der Waals surface area contributed by atoms with Gasteiger partial charge in [0.25, 0.3) is 0 Å². The second-order valence-electron chi connectivity index (χ2n) is 5.40. The number of hydrogen-bond donors (Lipinski definition) is 0. The molecule has 0 bridgehead atoms. The highest BCUT2D eigenvalue weighted by atomic mass is 16.5. The van der Waals surface area contributed by atoms with Crippen LogP contribution in [0.4, 0.5) is 5.69 Å². The number of anilines is 1. The summed E-state index contributed by atoms with van der Waals surface area (Å²) < 4.78 is 5.36. The molecule has 0 N–H and O–H groups in total. The molecule has 20 heavy (non-hydrogen) atoms. The van der Waals surface area contributed by atoms with Gasteiger partial charge in [-0.3, -0.25) is 4.79 Å². The molecule has 0 atom stereocenters. The zero-order valence-electron chi connectivity index (χ0n) is 13.4. The molecule has 0 aliphatic rings. The highest BCUT2D eigenvalue weighted by molar-refractivity contribution is 6.02. The predicted molar refractivity (Wildman–Crippen MR) is 85.0 cm³/mol. The zero-order valence-corrected chi connectivity index (χ0v) is 13.4. The van der Waals surface area contributed by atoms with Crippen LogP contribution in [0.1, 0.15) is 57.3 Å². The van der Waals surface area contributed by atoms with Crippen LogP contribution in [-0.2, 0) is 0 Å². The SMILES string of the molecule is CCCCCN(c1cccc(OC)c1C(C)=O)C(C)C. The first-order valence-electron chi connectivity index (χ1n) is 7.47. The van der Waals surface area contributed by atoms with Gasteiger partial charge in [0.05, 0.1) is 18.4 Å². The average Bonchev–Trinajstić information content (AvgIpc) is 2.42. The third-order valence-electron chi connectivity index (χ3n) is 3.51. The Morgan fingerprint density at radius 3 is 2.50 bits per heavy atom. The maximum atomic E-state index is 12.0. The van der Waals surface area contributed by atoms with Crippen LogP contribution < -0.4 is 9.64 Å². The van der Waals surface area contributed by atoms with Crippen molar-refractivity contribution < 1.29 is 9.53 Å². The Morgan fingerprint density at radius 2 is 2.00 bits per heavy atom. The van der Waals surface area contributed by atoms with Crippen LogP contribution >= 0.6 is 0 Å². The smallest absolute Gasteiger partial charge is 0.165 e. The number of ether oxygens (including phenoxy) is 1. The Morgan fingerprint density at radius 1 is 1.30 bits per heavy atom. The lowest BCUT2D eigenvalue weighted by Crippen LogP contribution is -2.33. The van der Waals surface area contributed by atoms with Crippen molar-refractivity contribution in [3.05, 3.63) is 23.8 Å². The summed E-state index contributed by atoms with van der Waals surface area (Å²) in [5.74, 6) is 0.717. The minimum absolute atomic E-state index is 0.0543. The van der Waals surface area contributed by atoms with Crippen molar-refractivity contribution in [3.8, 4) is 5.75 Å². The van der Waals surface area contributed by atoms with Crippen molar-refractivity contribution in [2.24, 2.45) is 0 Å². The van der Waals surface area contributed by atoms with E-state index < -0.39 is 0 Å². The minimum Gasteiger partial charge on any atom is -0.496 e. The molecule has 0 amide bonds. The fourth-order valence-electron chi connectivity index (χ4n) is 2.47. The molecule has 0 unspecified atom stereocenters. The highest BCUT2D eigenvalue weighted by Gasteiger charge is 2.20. The number of unbranched alkanes of at least 4 members (excludes halogenated alkanes) is 2. The first-order chi connectivity index (χ1) is 9.52. The quantitative estimate of drug-likeness (QED) is 0.524. The number of carbonyl (C=O) groups is 1. The van der Waals surface area contributed by atoms with Crippen LogP contribution in [-0.4, -0.2) is 25.5 Å². The monoisotopic (exact) mass is 277 g/mol. The van der Waals surface area contributed by atoms with E-state index in [1.165, 1.54) is 12.8 Å². The van der Waals surface area contributed by atoms with Gasteiger partial charge in [-0.1, -0.05) is 25.8 Å². The number of methoxy groups -OCH3 is 1. The summed E-state index contributed by atoms with van der Waals surface area (Å²) >= 11 is 0. The Balaban J connectivity index is 3.15. The molecule has 3 nitrogen and oxygen atoms in total. The maximum absolute atomic E-state index is 12.0. The summed E-state index contributed by atoms with van der Waals surface area (Å²) in [7, 11) is 1.61. The molecule has 0 saturated heterocycles. The molecule has 0 aromatic heterocycles. The first-order valence-corrected chi connectivity index (χ1v) is 7.47. The van der Waals surface area contributed by atoms with Gasteiger partial charge in [-0.05, 0) is 39.3 Å². The molecule has 1 aromatic carbocycles. The summed E-state index contributed by atoms with van der Waals surface area (Å²) in [6.07, 6.45) is 3.55. The fraction of sp³-hybridized carbons (Fsp3) is 0.588. The normalized spacial score (nSPS) is 10.7. The van der Waals surface area contributed by atoms with Crippen LogP contribution in [0.3, 0.4) is 0 Å². The van der Waals surface area contributed by atoms with E-state index in [2.05, 4.69) is 25.7 Å². The van der Waals surface area contributed by atoms with E-state index in [0.29, 0.717) is 17.4 Å². The molecule has 0 heterocycles. The van der Waals surface area contributed by atoms with E-state index in [0.717, 1.165) is 18.7 Å². The van der Waals surface area contributed by atoms with E-state index in [4.69, 9.17) is 4.74 Å².